The maximum Gasteiger partial charge on any atom is 0.259 e. The zero-order valence-electron chi connectivity index (χ0n) is 14.9. The normalized spacial score (nSPS) is 14.1. The van der Waals surface area contributed by atoms with Crippen LogP contribution in [0.15, 0.2) is 27.9 Å². The second kappa shape index (κ2) is 7.41. The zero-order chi connectivity index (χ0) is 19.8. The summed E-state index contributed by atoms with van der Waals surface area (Å²) < 4.78 is 25.6. The van der Waals surface area contributed by atoms with E-state index in [2.05, 4.69) is 15.3 Å². The topological polar surface area (TPSA) is 112 Å². The smallest absolute Gasteiger partial charge is 0.259 e. The molecule has 0 bridgehead atoms. The Morgan fingerprint density at radius 2 is 1.96 bits per heavy atom. The molecule has 1 aromatic carbocycles. The van der Waals surface area contributed by atoms with E-state index >= 15 is 0 Å². The van der Waals surface area contributed by atoms with Crippen LogP contribution in [0.5, 0.6) is 0 Å². The number of amides is 1. The molecular formula is C17H19ClN4O4S. The highest BCUT2D eigenvalue weighted by Crippen LogP contribution is 2.23. The van der Waals surface area contributed by atoms with Crippen molar-refractivity contribution in [3.63, 3.8) is 0 Å². The fourth-order valence-corrected chi connectivity index (χ4v) is 4.02. The first kappa shape index (κ1) is 19.5. The highest BCUT2D eigenvalue weighted by molar-refractivity contribution is 7.89. The van der Waals surface area contributed by atoms with Crippen molar-refractivity contribution in [3.05, 3.63) is 50.4 Å². The predicted octanol–water partition coefficient (Wildman–Crippen LogP) is 1.80. The van der Waals surface area contributed by atoms with Gasteiger partial charge in [0.25, 0.3) is 11.5 Å². The molecule has 0 spiro atoms. The number of hydrogen-bond acceptors (Lipinski definition) is 5. The molecule has 1 aliphatic carbocycles. The van der Waals surface area contributed by atoms with Crippen LogP contribution in [0.3, 0.4) is 0 Å². The first-order chi connectivity index (χ1) is 12.7. The lowest BCUT2D eigenvalue weighted by Gasteiger charge is -2.15. The van der Waals surface area contributed by atoms with Gasteiger partial charge in [-0.15, -0.1) is 0 Å². The van der Waals surface area contributed by atoms with Crippen LogP contribution in [0.4, 0.5) is 5.95 Å². The standard InChI is InChI=1S/C17H19ClN4O4S/c1-22(2)27(25,26)10-7-8-13(18)12(9-10)16(24)21-17-19-14-6-4-3-5-11(14)15(23)20-17/h7-9H,3-6H2,1-2H3,(H2,19,20,21,23,24). The Bertz CT molecular complexity index is 1060. The van der Waals surface area contributed by atoms with Gasteiger partial charge in [0.15, 0.2) is 0 Å². The van der Waals surface area contributed by atoms with Gasteiger partial charge in [-0.2, -0.15) is 0 Å². The van der Waals surface area contributed by atoms with Crippen LogP contribution in [0.25, 0.3) is 0 Å². The molecule has 0 saturated carbocycles. The zero-order valence-corrected chi connectivity index (χ0v) is 16.4. The number of carbonyl (C=O) groups is 1. The van der Waals surface area contributed by atoms with Crippen LogP contribution in [0.1, 0.15) is 34.5 Å². The van der Waals surface area contributed by atoms with Gasteiger partial charge in [0.05, 0.1) is 21.2 Å². The first-order valence-electron chi connectivity index (χ1n) is 8.35. The molecule has 8 nitrogen and oxygen atoms in total. The van der Waals surface area contributed by atoms with Crippen LogP contribution in [-0.2, 0) is 22.9 Å². The van der Waals surface area contributed by atoms with Gasteiger partial charge in [-0.1, -0.05) is 11.6 Å². The molecule has 0 aliphatic heterocycles. The van der Waals surface area contributed by atoms with Crippen molar-refractivity contribution in [1.82, 2.24) is 14.3 Å². The minimum Gasteiger partial charge on any atom is -0.292 e. The average Bonchev–Trinajstić information content (AvgIpc) is 2.61. The first-order valence-corrected chi connectivity index (χ1v) is 10.2. The SMILES string of the molecule is CN(C)S(=O)(=O)c1ccc(Cl)c(C(=O)Nc2nc3c(c(=O)[nH]2)CCCC3)c1. The number of fused-ring (bicyclic) bond motifs is 1. The molecule has 0 atom stereocenters. The maximum absolute atomic E-state index is 12.6. The quantitative estimate of drug-likeness (QED) is 0.798. The van der Waals surface area contributed by atoms with Gasteiger partial charge in [0, 0.05) is 19.7 Å². The molecule has 2 aromatic rings. The number of halogens is 1. The number of aryl methyl sites for hydroxylation is 1. The molecule has 0 fully saturated rings. The summed E-state index contributed by atoms with van der Waals surface area (Å²) >= 11 is 6.07. The van der Waals surface area contributed by atoms with Crippen molar-refractivity contribution in [3.8, 4) is 0 Å². The molecule has 1 amide bonds. The lowest BCUT2D eigenvalue weighted by molar-refractivity contribution is 0.102. The number of carbonyl (C=O) groups excluding carboxylic acids is 1. The summed E-state index contributed by atoms with van der Waals surface area (Å²) in [4.78, 5) is 31.6. The van der Waals surface area contributed by atoms with E-state index in [1.165, 1.54) is 32.3 Å². The van der Waals surface area contributed by atoms with Crippen molar-refractivity contribution in [1.29, 1.82) is 0 Å². The van der Waals surface area contributed by atoms with E-state index < -0.39 is 15.9 Å². The molecule has 27 heavy (non-hydrogen) atoms. The number of nitrogens with one attached hydrogen (secondary N) is 2. The summed E-state index contributed by atoms with van der Waals surface area (Å²) in [6.07, 6.45) is 3.22. The van der Waals surface area contributed by atoms with Crippen LogP contribution < -0.4 is 10.9 Å². The van der Waals surface area contributed by atoms with E-state index in [1.807, 2.05) is 0 Å². The number of H-pyrrole nitrogens is 1. The number of aromatic amines is 1. The minimum atomic E-state index is -3.72. The van der Waals surface area contributed by atoms with Crippen LogP contribution in [0, 0.1) is 0 Å². The minimum absolute atomic E-state index is 0.0163. The van der Waals surface area contributed by atoms with Crippen molar-refractivity contribution < 1.29 is 13.2 Å². The van der Waals surface area contributed by atoms with Gasteiger partial charge < -0.3 is 0 Å². The Morgan fingerprint density at radius 3 is 2.67 bits per heavy atom. The number of rotatable bonds is 4. The van der Waals surface area contributed by atoms with Gasteiger partial charge in [0.1, 0.15) is 0 Å². The summed E-state index contributed by atoms with van der Waals surface area (Å²) in [5.41, 5.74) is 1.02. The Morgan fingerprint density at radius 1 is 1.26 bits per heavy atom. The Kier molecular flexibility index (Phi) is 5.36. The number of hydrogen-bond donors (Lipinski definition) is 2. The third kappa shape index (κ3) is 3.90. The highest BCUT2D eigenvalue weighted by atomic mass is 35.5. The van der Waals surface area contributed by atoms with Crippen molar-refractivity contribution >= 4 is 33.5 Å². The molecule has 1 heterocycles. The van der Waals surface area contributed by atoms with Gasteiger partial charge in [-0.25, -0.2) is 17.7 Å². The number of aromatic nitrogens is 2. The molecular weight excluding hydrogens is 392 g/mol. The summed E-state index contributed by atoms with van der Waals surface area (Å²) in [5.74, 6) is -0.641. The lowest BCUT2D eigenvalue weighted by Crippen LogP contribution is -2.25. The number of anilines is 1. The number of sulfonamides is 1. The summed E-state index contributed by atoms with van der Waals surface area (Å²) in [7, 11) is -0.931. The van der Waals surface area contributed by atoms with Crippen LogP contribution in [0.2, 0.25) is 5.02 Å². The largest absolute Gasteiger partial charge is 0.292 e. The fraction of sp³-hybridized carbons (Fsp3) is 0.353. The summed E-state index contributed by atoms with van der Waals surface area (Å²) in [6, 6.07) is 3.87. The van der Waals surface area contributed by atoms with Crippen molar-refractivity contribution in [2.24, 2.45) is 0 Å². The molecule has 1 aromatic heterocycles. The van der Waals surface area contributed by atoms with Gasteiger partial charge in [-0.3, -0.25) is 19.9 Å². The number of nitrogens with zero attached hydrogens (tertiary/aromatic N) is 2. The Balaban J connectivity index is 1.93. The van der Waals surface area contributed by atoms with E-state index in [1.54, 1.807) is 0 Å². The molecule has 1 aliphatic rings. The molecule has 144 valence electrons. The molecule has 0 saturated heterocycles. The predicted molar refractivity (Wildman–Crippen MR) is 102 cm³/mol. The molecule has 3 rings (SSSR count). The van der Waals surface area contributed by atoms with Gasteiger partial charge in [-0.05, 0) is 43.9 Å². The van der Waals surface area contributed by atoms with E-state index in [0.717, 1.165) is 17.1 Å². The Hall–Kier alpha value is -2.23. The monoisotopic (exact) mass is 410 g/mol. The molecule has 10 heteroatoms. The van der Waals surface area contributed by atoms with E-state index in [9.17, 15) is 18.0 Å². The molecule has 0 unspecified atom stereocenters. The molecule has 0 radical (unpaired) electrons. The van der Waals surface area contributed by atoms with Crippen molar-refractivity contribution in [2.75, 3.05) is 19.4 Å². The fourth-order valence-electron chi connectivity index (χ4n) is 2.89. The van der Waals surface area contributed by atoms with Crippen molar-refractivity contribution in [2.45, 2.75) is 30.6 Å². The summed E-state index contributed by atoms with van der Waals surface area (Å²) in [5, 5.41) is 2.59. The average molecular weight is 411 g/mol. The van der Waals surface area contributed by atoms with E-state index in [0.29, 0.717) is 24.1 Å². The van der Waals surface area contributed by atoms with Gasteiger partial charge >= 0.3 is 0 Å². The maximum atomic E-state index is 12.6. The second-order valence-electron chi connectivity index (χ2n) is 6.43. The molecule has 2 N–H and O–H groups in total. The Labute approximate surface area is 161 Å². The third-order valence-corrected chi connectivity index (χ3v) is 6.53. The lowest BCUT2D eigenvalue weighted by atomic mass is 9.97. The highest BCUT2D eigenvalue weighted by Gasteiger charge is 2.22. The summed E-state index contributed by atoms with van der Waals surface area (Å²) in [6.45, 7) is 0. The van der Waals surface area contributed by atoms with Crippen LogP contribution >= 0.6 is 11.6 Å². The second-order valence-corrected chi connectivity index (χ2v) is 8.99. The van der Waals surface area contributed by atoms with E-state index in [4.69, 9.17) is 11.6 Å². The number of benzene rings is 1. The van der Waals surface area contributed by atoms with Crippen LogP contribution in [-0.4, -0.2) is 42.7 Å². The third-order valence-electron chi connectivity index (χ3n) is 4.38. The van der Waals surface area contributed by atoms with Gasteiger partial charge in [0.2, 0.25) is 16.0 Å². The van der Waals surface area contributed by atoms with E-state index in [-0.39, 0.29) is 27.0 Å².